The average molecular weight is 355 g/mol. The van der Waals surface area contributed by atoms with Gasteiger partial charge in [0, 0.05) is 11.3 Å². The van der Waals surface area contributed by atoms with Crippen LogP contribution >= 0.6 is 0 Å². The highest BCUT2D eigenvalue weighted by atomic mass is 16.1. The molecule has 0 saturated carbocycles. The minimum absolute atomic E-state index is 0.0716. The fourth-order valence-corrected chi connectivity index (χ4v) is 3.31. The molecule has 3 aromatic carbocycles. The fraction of sp³-hybridized carbons (Fsp3) is 0.130. The molecule has 0 atom stereocenters. The maximum Gasteiger partial charge on any atom is 0.244 e. The van der Waals surface area contributed by atoms with Gasteiger partial charge in [-0.1, -0.05) is 48.0 Å². The van der Waals surface area contributed by atoms with Crippen molar-refractivity contribution in [2.24, 2.45) is 0 Å². The van der Waals surface area contributed by atoms with Crippen molar-refractivity contribution < 1.29 is 4.79 Å². The molecule has 0 aliphatic heterocycles. The molecular formula is C23H21N3O. The number of benzene rings is 3. The van der Waals surface area contributed by atoms with Gasteiger partial charge < -0.3 is 9.88 Å². The first kappa shape index (κ1) is 17.0. The lowest BCUT2D eigenvalue weighted by Crippen LogP contribution is -2.19. The van der Waals surface area contributed by atoms with Crippen molar-refractivity contribution in [1.29, 1.82) is 0 Å². The largest absolute Gasteiger partial charge is 0.325 e. The summed E-state index contributed by atoms with van der Waals surface area (Å²) in [6.07, 6.45) is 0. The van der Waals surface area contributed by atoms with Gasteiger partial charge in [-0.05, 0) is 49.7 Å². The van der Waals surface area contributed by atoms with E-state index in [0.717, 1.165) is 39.2 Å². The zero-order valence-electron chi connectivity index (χ0n) is 15.4. The third-order valence-electron chi connectivity index (χ3n) is 4.53. The van der Waals surface area contributed by atoms with Gasteiger partial charge >= 0.3 is 0 Å². The summed E-state index contributed by atoms with van der Waals surface area (Å²) in [5.74, 6) is 0.733. The fourth-order valence-electron chi connectivity index (χ4n) is 3.31. The molecule has 4 nitrogen and oxygen atoms in total. The van der Waals surface area contributed by atoms with Crippen molar-refractivity contribution in [3.63, 3.8) is 0 Å². The second-order valence-corrected chi connectivity index (χ2v) is 6.80. The minimum Gasteiger partial charge on any atom is -0.325 e. The minimum atomic E-state index is -0.0716. The zero-order valence-corrected chi connectivity index (χ0v) is 15.4. The van der Waals surface area contributed by atoms with Gasteiger partial charge in [-0.15, -0.1) is 0 Å². The predicted molar refractivity (Wildman–Crippen MR) is 110 cm³/mol. The molecule has 0 unspecified atom stereocenters. The summed E-state index contributed by atoms with van der Waals surface area (Å²) in [5, 5.41) is 2.99. The Morgan fingerprint density at radius 1 is 0.926 bits per heavy atom. The number of aryl methyl sites for hydroxylation is 2. The molecule has 0 radical (unpaired) electrons. The number of imidazole rings is 1. The molecule has 0 bridgehead atoms. The molecule has 0 aliphatic rings. The lowest BCUT2D eigenvalue weighted by molar-refractivity contribution is -0.116. The van der Waals surface area contributed by atoms with Crippen molar-refractivity contribution in [2.45, 2.75) is 20.4 Å². The van der Waals surface area contributed by atoms with Crippen molar-refractivity contribution in [2.75, 3.05) is 5.32 Å². The number of amides is 1. The molecule has 4 heteroatoms. The molecule has 134 valence electrons. The number of hydrogen-bond donors (Lipinski definition) is 1. The van der Waals surface area contributed by atoms with Crippen LogP contribution in [-0.2, 0) is 11.3 Å². The van der Waals surface area contributed by atoms with E-state index < -0.39 is 0 Å². The summed E-state index contributed by atoms with van der Waals surface area (Å²) in [7, 11) is 0. The maximum absolute atomic E-state index is 12.7. The third kappa shape index (κ3) is 3.60. The number of aromatic nitrogens is 2. The normalized spacial score (nSPS) is 10.9. The SMILES string of the molecule is Cc1cccc(NC(=O)Cn2c(-c3cccc(C)c3)nc3ccccc32)c1. The molecule has 0 aliphatic carbocycles. The zero-order chi connectivity index (χ0) is 18.8. The number of anilines is 1. The van der Waals surface area contributed by atoms with E-state index in [2.05, 4.69) is 24.4 Å². The molecular weight excluding hydrogens is 334 g/mol. The number of nitrogens with zero attached hydrogens (tertiary/aromatic N) is 2. The van der Waals surface area contributed by atoms with E-state index in [1.165, 1.54) is 0 Å². The number of nitrogens with one attached hydrogen (secondary N) is 1. The number of carbonyl (C=O) groups excluding carboxylic acids is 1. The Bertz CT molecular complexity index is 1130. The van der Waals surface area contributed by atoms with Gasteiger partial charge in [-0.2, -0.15) is 0 Å². The van der Waals surface area contributed by atoms with Crippen molar-refractivity contribution in [1.82, 2.24) is 9.55 Å². The first-order valence-electron chi connectivity index (χ1n) is 8.99. The van der Waals surface area contributed by atoms with E-state index in [4.69, 9.17) is 4.98 Å². The highest BCUT2D eigenvalue weighted by Gasteiger charge is 2.15. The molecule has 0 spiro atoms. The molecule has 4 rings (SSSR count). The summed E-state index contributed by atoms with van der Waals surface area (Å²) >= 11 is 0. The predicted octanol–water partition coefficient (Wildman–Crippen LogP) is 4.96. The molecule has 1 aromatic heterocycles. The molecule has 27 heavy (non-hydrogen) atoms. The molecule has 1 N–H and O–H groups in total. The van der Waals surface area contributed by atoms with Gasteiger partial charge in [0.05, 0.1) is 11.0 Å². The van der Waals surface area contributed by atoms with Crippen LogP contribution in [0.25, 0.3) is 22.4 Å². The molecule has 4 aromatic rings. The Morgan fingerprint density at radius 2 is 1.67 bits per heavy atom. The van der Waals surface area contributed by atoms with E-state index in [0.29, 0.717) is 0 Å². The summed E-state index contributed by atoms with van der Waals surface area (Å²) < 4.78 is 1.98. The van der Waals surface area contributed by atoms with E-state index in [1.54, 1.807) is 0 Å². The molecule has 1 heterocycles. The van der Waals surface area contributed by atoms with Gasteiger partial charge in [0.2, 0.25) is 5.91 Å². The van der Waals surface area contributed by atoms with Crippen LogP contribution in [0.3, 0.4) is 0 Å². The molecule has 0 fully saturated rings. The standard InChI is InChI=1S/C23H21N3O/c1-16-7-5-9-18(13-16)23-25-20-11-3-4-12-21(20)26(23)15-22(27)24-19-10-6-8-17(2)14-19/h3-14H,15H2,1-2H3,(H,24,27). The molecule has 0 saturated heterocycles. The second kappa shape index (κ2) is 7.08. The first-order chi connectivity index (χ1) is 13.1. The van der Waals surface area contributed by atoms with Crippen LogP contribution in [0.15, 0.2) is 72.8 Å². The number of hydrogen-bond acceptors (Lipinski definition) is 2. The summed E-state index contributed by atoms with van der Waals surface area (Å²) in [4.78, 5) is 17.5. The lowest BCUT2D eigenvalue weighted by atomic mass is 10.1. The number of para-hydroxylation sites is 2. The smallest absolute Gasteiger partial charge is 0.244 e. The highest BCUT2D eigenvalue weighted by Crippen LogP contribution is 2.25. The maximum atomic E-state index is 12.7. The average Bonchev–Trinajstić information content (AvgIpc) is 3.00. The van der Waals surface area contributed by atoms with Gasteiger partial charge in [0.15, 0.2) is 0 Å². The topological polar surface area (TPSA) is 46.9 Å². The quantitative estimate of drug-likeness (QED) is 0.562. The van der Waals surface area contributed by atoms with E-state index in [9.17, 15) is 4.79 Å². The monoisotopic (exact) mass is 355 g/mol. The Kier molecular flexibility index (Phi) is 4.47. The van der Waals surface area contributed by atoms with E-state index >= 15 is 0 Å². The van der Waals surface area contributed by atoms with Gasteiger partial charge in [-0.25, -0.2) is 4.98 Å². The van der Waals surface area contributed by atoms with Crippen LogP contribution in [0.4, 0.5) is 5.69 Å². The molecule has 1 amide bonds. The number of rotatable bonds is 4. The highest BCUT2D eigenvalue weighted by molar-refractivity contribution is 5.92. The summed E-state index contributed by atoms with van der Waals surface area (Å²) in [6.45, 7) is 4.27. The Morgan fingerprint density at radius 3 is 2.44 bits per heavy atom. The summed E-state index contributed by atoms with van der Waals surface area (Å²) in [6, 6.07) is 23.9. The Labute approximate surface area is 158 Å². The Balaban J connectivity index is 1.71. The number of carbonyl (C=O) groups is 1. The third-order valence-corrected chi connectivity index (χ3v) is 4.53. The van der Waals surface area contributed by atoms with Gasteiger partial charge in [-0.3, -0.25) is 4.79 Å². The number of fused-ring (bicyclic) bond motifs is 1. The van der Waals surface area contributed by atoms with Crippen molar-refractivity contribution in [3.05, 3.63) is 83.9 Å². The van der Waals surface area contributed by atoms with Gasteiger partial charge in [0.1, 0.15) is 12.4 Å². The van der Waals surface area contributed by atoms with E-state index in [1.807, 2.05) is 72.2 Å². The van der Waals surface area contributed by atoms with Crippen LogP contribution in [0.1, 0.15) is 11.1 Å². The summed E-state index contributed by atoms with van der Waals surface area (Å²) in [5.41, 5.74) is 5.93. The van der Waals surface area contributed by atoms with Crippen LogP contribution in [0, 0.1) is 13.8 Å². The van der Waals surface area contributed by atoms with Crippen molar-refractivity contribution in [3.8, 4) is 11.4 Å². The Hall–Kier alpha value is -3.40. The van der Waals surface area contributed by atoms with Gasteiger partial charge in [0.25, 0.3) is 0 Å². The first-order valence-corrected chi connectivity index (χ1v) is 8.99. The lowest BCUT2D eigenvalue weighted by Gasteiger charge is -2.11. The van der Waals surface area contributed by atoms with Crippen molar-refractivity contribution >= 4 is 22.6 Å². The van der Waals surface area contributed by atoms with Crippen LogP contribution in [-0.4, -0.2) is 15.5 Å². The van der Waals surface area contributed by atoms with E-state index in [-0.39, 0.29) is 12.5 Å². The van der Waals surface area contributed by atoms with Crippen LogP contribution in [0.2, 0.25) is 0 Å². The second-order valence-electron chi connectivity index (χ2n) is 6.80. The van der Waals surface area contributed by atoms with Crippen LogP contribution < -0.4 is 5.32 Å². The van der Waals surface area contributed by atoms with Crippen LogP contribution in [0.5, 0.6) is 0 Å².